The van der Waals surface area contributed by atoms with E-state index in [9.17, 15) is 13.2 Å². The standard InChI is InChI=1S/C15H16F3NS/c1-3-12(19)14-7-6-13(20-14)11-8-10(15(16,17)18)5-4-9(11)2/h4-8,12H,3,19H2,1-2H3. The van der Waals surface area contributed by atoms with Crippen LogP contribution in [0.3, 0.4) is 0 Å². The molecule has 108 valence electrons. The van der Waals surface area contributed by atoms with Gasteiger partial charge in [-0.1, -0.05) is 13.0 Å². The molecule has 1 aromatic heterocycles. The van der Waals surface area contributed by atoms with Gasteiger partial charge in [-0.3, -0.25) is 0 Å². The molecule has 0 radical (unpaired) electrons. The van der Waals surface area contributed by atoms with E-state index < -0.39 is 11.7 Å². The topological polar surface area (TPSA) is 26.0 Å². The van der Waals surface area contributed by atoms with Gasteiger partial charge in [0.05, 0.1) is 5.56 Å². The summed E-state index contributed by atoms with van der Waals surface area (Å²) in [6, 6.07) is 7.52. The van der Waals surface area contributed by atoms with Gasteiger partial charge in [0.2, 0.25) is 0 Å². The number of thiophene rings is 1. The minimum Gasteiger partial charge on any atom is -0.323 e. The molecule has 0 amide bonds. The monoisotopic (exact) mass is 299 g/mol. The van der Waals surface area contributed by atoms with Gasteiger partial charge in [0.1, 0.15) is 0 Å². The average Bonchev–Trinajstić information content (AvgIpc) is 2.86. The third-order valence-electron chi connectivity index (χ3n) is 3.26. The second-order valence-corrected chi connectivity index (χ2v) is 5.86. The van der Waals surface area contributed by atoms with Gasteiger partial charge in [-0.25, -0.2) is 0 Å². The first-order valence-electron chi connectivity index (χ1n) is 6.36. The summed E-state index contributed by atoms with van der Waals surface area (Å²) in [5.41, 5.74) is 6.79. The van der Waals surface area contributed by atoms with E-state index >= 15 is 0 Å². The number of rotatable bonds is 3. The zero-order valence-electron chi connectivity index (χ0n) is 11.3. The predicted octanol–water partition coefficient (Wildman–Crippen LogP) is 5.15. The lowest BCUT2D eigenvalue weighted by Crippen LogP contribution is -2.06. The van der Waals surface area contributed by atoms with Gasteiger partial charge in [-0.2, -0.15) is 13.2 Å². The molecule has 0 saturated carbocycles. The fraction of sp³-hybridized carbons (Fsp3) is 0.333. The summed E-state index contributed by atoms with van der Waals surface area (Å²) in [6.07, 6.45) is -3.51. The molecular weight excluding hydrogens is 283 g/mol. The zero-order chi connectivity index (χ0) is 14.9. The van der Waals surface area contributed by atoms with E-state index in [1.165, 1.54) is 23.5 Å². The highest BCUT2D eigenvalue weighted by atomic mass is 32.1. The van der Waals surface area contributed by atoms with Crippen molar-refractivity contribution in [2.24, 2.45) is 5.73 Å². The Morgan fingerprint density at radius 3 is 2.50 bits per heavy atom. The number of benzene rings is 1. The number of alkyl halides is 3. The number of nitrogens with two attached hydrogens (primary N) is 1. The maximum Gasteiger partial charge on any atom is 0.416 e. The first kappa shape index (κ1) is 15.1. The maximum atomic E-state index is 12.8. The van der Waals surface area contributed by atoms with Crippen LogP contribution in [0.2, 0.25) is 0 Å². The van der Waals surface area contributed by atoms with Crippen LogP contribution in [0.25, 0.3) is 10.4 Å². The Hall–Kier alpha value is -1.33. The summed E-state index contributed by atoms with van der Waals surface area (Å²) in [4.78, 5) is 1.83. The van der Waals surface area contributed by atoms with Gasteiger partial charge in [0.25, 0.3) is 0 Å². The van der Waals surface area contributed by atoms with Crippen LogP contribution < -0.4 is 5.73 Å². The number of hydrogen-bond acceptors (Lipinski definition) is 2. The van der Waals surface area contributed by atoms with Crippen LogP contribution in [-0.4, -0.2) is 0 Å². The molecule has 1 unspecified atom stereocenters. The number of halogens is 3. The summed E-state index contributed by atoms with van der Waals surface area (Å²) >= 11 is 1.46. The highest BCUT2D eigenvalue weighted by Gasteiger charge is 2.31. The summed E-state index contributed by atoms with van der Waals surface area (Å²) in [5.74, 6) is 0. The number of aryl methyl sites for hydroxylation is 1. The Kier molecular flexibility index (Phi) is 4.20. The lowest BCUT2D eigenvalue weighted by molar-refractivity contribution is -0.137. The molecule has 0 aliphatic rings. The van der Waals surface area contributed by atoms with Crippen molar-refractivity contribution in [2.45, 2.75) is 32.5 Å². The van der Waals surface area contributed by atoms with Crippen LogP contribution in [-0.2, 0) is 6.18 Å². The highest BCUT2D eigenvalue weighted by molar-refractivity contribution is 7.15. The fourth-order valence-corrected chi connectivity index (χ4v) is 3.14. The molecule has 2 N–H and O–H groups in total. The van der Waals surface area contributed by atoms with Crippen LogP contribution in [0.5, 0.6) is 0 Å². The second-order valence-electron chi connectivity index (χ2n) is 4.74. The fourth-order valence-electron chi connectivity index (χ4n) is 1.96. The molecule has 1 atom stereocenters. The van der Waals surface area contributed by atoms with Crippen molar-refractivity contribution >= 4 is 11.3 Å². The Morgan fingerprint density at radius 1 is 1.20 bits per heavy atom. The van der Waals surface area contributed by atoms with Crippen LogP contribution in [0.4, 0.5) is 13.2 Å². The van der Waals surface area contributed by atoms with Crippen molar-refractivity contribution in [2.75, 3.05) is 0 Å². The summed E-state index contributed by atoms with van der Waals surface area (Å²) in [5, 5.41) is 0. The van der Waals surface area contributed by atoms with Gasteiger partial charge in [-0.05, 0) is 48.7 Å². The minimum atomic E-state index is -4.32. The van der Waals surface area contributed by atoms with Crippen LogP contribution >= 0.6 is 11.3 Å². The van der Waals surface area contributed by atoms with Crippen molar-refractivity contribution in [3.05, 3.63) is 46.3 Å². The highest BCUT2D eigenvalue weighted by Crippen LogP contribution is 2.37. The van der Waals surface area contributed by atoms with E-state index in [1.54, 1.807) is 0 Å². The maximum absolute atomic E-state index is 12.8. The van der Waals surface area contributed by atoms with Gasteiger partial charge in [0.15, 0.2) is 0 Å². The molecule has 1 aromatic carbocycles. The molecule has 2 rings (SSSR count). The van der Waals surface area contributed by atoms with Crippen LogP contribution in [0.15, 0.2) is 30.3 Å². The summed E-state index contributed by atoms with van der Waals surface area (Å²) < 4.78 is 38.4. The molecule has 2 aromatic rings. The molecular formula is C15H16F3NS. The largest absolute Gasteiger partial charge is 0.416 e. The Morgan fingerprint density at radius 2 is 1.90 bits per heavy atom. The molecule has 0 aliphatic carbocycles. The molecule has 0 bridgehead atoms. The van der Waals surface area contributed by atoms with Gasteiger partial charge < -0.3 is 5.73 Å². The van der Waals surface area contributed by atoms with Crippen molar-refractivity contribution in [1.29, 1.82) is 0 Å². The molecule has 5 heteroatoms. The van der Waals surface area contributed by atoms with E-state index in [0.717, 1.165) is 27.8 Å². The van der Waals surface area contributed by atoms with Crippen molar-refractivity contribution in [1.82, 2.24) is 0 Å². The summed E-state index contributed by atoms with van der Waals surface area (Å²) in [7, 11) is 0. The molecule has 0 saturated heterocycles. The van der Waals surface area contributed by atoms with Crippen LogP contribution in [0.1, 0.15) is 35.4 Å². The second kappa shape index (κ2) is 5.58. The van der Waals surface area contributed by atoms with Gasteiger partial charge in [0, 0.05) is 15.8 Å². The van der Waals surface area contributed by atoms with Crippen LogP contribution in [0, 0.1) is 6.92 Å². The van der Waals surface area contributed by atoms with Crippen molar-refractivity contribution in [3.8, 4) is 10.4 Å². The molecule has 20 heavy (non-hydrogen) atoms. The SMILES string of the molecule is CCC(N)c1ccc(-c2cc(C(F)(F)F)ccc2C)s1. The lowest BCUT2D eigenvalue weighted by atomic mass is 10.0. The van der Waals surface area contributed by atoms with E-state index in [1.807, 2.05) is 26.0 Å². The van der Waals surface area contributed by atoms with Crippen molar-refractivity contribution < 1.29 is 13.2 Å². The smallest absolute Gasteiger partial charge is 0.323 e. The van der Waals surface area contributed by atoms with Gasteiger partial charge >= 0.3 is 6.18 Å². The quantitative estimate of drug-likeness (QED) is 0.833. The molecule has 1 heterocycles. The Bertz CT molecular complexity index is 601. The minimum absolute atomic E-state index is 0.0557. The molecule has 0 aliphatic heterocycles. The van der Waals surface area contributed by atoms with E-state index in [2.05, 4.69) is 0 Å². The predicted molar refractivity (Wildman–Crippen MR) is 76.7 cm³/mol. The van der Waals surface area contributed by atoms with Gasteiger partial charge in [-0.15, -0.1) is 11.3 Å². The van der Waals surface area contributed by atoms with Crippen molar-refractivity contribution in [3.63, 3.8) is 0 Å². The first-order valence-corrected chi connectivity index (χ1v) is 7.18. The average molecular weight is 299 g/mol. The Balaban J connectivity index is 2.44. The normalized spacial score (nSPS) is 13.5. The molecule has 1 nitrogen and oxygen atoms in total. The third-order valence-corrected chi connectivity index (χ3v) is 4.51. The molecule has 0 fully saturated rings. The number of hydrogen-bond donors (Lipinski definition) is 1. The molecule has 0 spiro atoms. The summed E-state index contributed by atoms with van der Waals surface area (Å²) in [6.45, 7) is 3.80. The lowest BCUT2D eigenvalue weighted by Gasteiger charge is -2.10. The van der Waals surface area contributed by atoms with E-state index in [-0.39, 0.29) is 6.04 Å². The Labute approximate surface area is 120 Å². The zero-order valence-corrected chi connectivity index (χ0v) is 12.1. The first-order chi connectivity index (χ1) is 9.32. The third kappa shape index (κ3) is 3.04. The van der Waals surface area contributed by atoms with E-state index in [4.69, 9.17) is 5.73 Å². The van der Waals surface area contributed by atoms with E-state index in [0.29, 0.717) is 5.56 Å².